The fraction of sp³-hybridized carbons (Fsp3) is 0.462. The van der Waals surface area contributed by atoms with E-state index in [0.717, 1.165) is 24.1 Å². The van der Waals surface area contributed by atoms with E-state index in [2.05, 4.69) is 11.1 Å². The summed E-state index contributed by atoms with van der Waals surface area (Å²) in [6, 6.07) is 3.85. The molecule has 0 radical (unpaired) electrons. The maximum Gasteiger partial charge on any atom is 0.100 e. The molecule has 1 aliphatic carbocycles. The number of pyridine rings is 1. The highest BCUT2D eigenvalue weighted by molar-refractivity contribution is 5.26. The molecule has 15 heavy (non-hydrogen) atoms. The van der Waals surface area contributed by atoms with Crippen LogP contribution in [0.1, 0.15) is 43.0 Å². The molecule has 1 unspecified atom stereocenters. The summed E-state index contributed by atoms with van der Waals surface area (Å²) in [5.41, 5.74) is 3.10. The van der Waals surface area contributed by atoms with E-state index in [1.54, 1.807) is 6.20 Å². The van der Waals surface area contributed by atoms with Gasteiger partial charge in [-0.1, -0.05) is 6.08 Å². The van der Waals surface area contributed by atoms with Gasteiger partial charge < -0.3 is 5.11 Å². The highest BCUT2D eigenvalue weighted by atomic mass is 16.3. The van der Waals surface area contributed by atoms with Crippen molar-refractivity contribution >= 4 is 0 Å². The van der Waals surface area contributed by atoms with Crippen LogP contribution in [0, 0.1) is 6.92 Å². The van der Waals surface area contributed by atoms with Crippen molar-refractivity contribution < 1.29 is 5.11 Å². The molecule has 1 aromatic heterocycles. The Morgan fingerprint density at radius 1 is 1.40 bits per heavy atom. The zero-order valence-electron chi connectivity index (χ0n) is 9.11. The summed E-state index contributed by atoms with van der Waals surface area (Å²) in [6.07, 6.45) is 8.12. The second-order valence-electron chi connectivity index (χ2n) is 4.16. The first-order valence-corrected chi connectivity index (χ1v) is 5.57. The summed E-state index contributed by atoms with van der Waals surface area (Å²) in [5, 5.41) is 10.2. The second kappa shape index (κ2) is 4.58. The number of hydrogen-bond donors (Lipinski definition) is 1. The average Bonchev–Trinajstić information content (AvgIpc) is 2.29. The number of aromatic nitrogens is 1. The zero-order valence-corrected chi connectivity index (χ0v) is 9.11. The van der Waals surface area contributed by atoms with Crippen LogP contribution in [0.4, 0.5) is 0 Å². The van der Waals surface area contributed by atoms with Gasteiger partial charge in [-0.15, -0.1) is 0 Å². The molecule has 0 spiro atoms. The SMILES string of the molecule is Cc1cc(C(O)C2=CCCCC2)ccn1. The molecular weight excluding hydrogens is 186 g/mol. The Hall–Kier alpha value is -1.15. The van der Waals surface area contributed by atoms with Crippen molar-refractivity contribution in [3.05, 3.63) is 41.2 Å². The van der Waals surface area contributed by atoms with Gasteiger partial charge in [-0.25, -0.2) is 0 Å². The van der Waals surface area contributed by atoms with Crippen molar-refractivity contribution in [3.63, 3.8) is 0 Å². The largest absolute Gasteiger partial charge is 0.384 e. The fourth-order valence-electron chi connectivity index (χ4n) is 2.06. The Bertz CT molecular complexity index is 371. The highest BCUT2D eigenvalue weighted by Gasteiger charge is 2.15. The lowest BCUT2D eigenvalue weighted by Gasteiger charge is -2.19. The lowest BCUT2D eigenvalue weighted by atomic mass is 9.92. The number of hydrogen-bond acceptors (Lipinski definition) is 2. The Morgan fingerprint density at radius 3 is 2.93 bits per heavy atom. The predicted molar refractivity (Wildman–Crippen MR) is 60.5 cm³/mol. The van der Waals surface area contributed by atoms with Gasteiger partial charge in [0.1, 0.15) is 6.10 Å². The Balaban J connectivity index is 2.19. The molecule has 1 atom stereocenters. The molecular formula is C13H17NO. The van der Waals surface area contributed by atoms with Crippen LogP contribution in [0.3, 0.4) is 0 Å². The van der Waals surface area contributed by atoms with Crippen LogP contribution in [0.25, 0.3) is 0 Å². The van der Waals surface area contributed by atoms with Crippen LogP contribution in [0.2, 0.25) is 0 Å². The normalized spacial score (nSPS) is 18.4. The Kier molecular flexibility index (Phi) is 3.17. The molecule has 80 valence electrons. The number of allylic oxidation sites excluding steroid dienone is 1. The van der Waals surface area contributed by atoms with E-state index < -0.39 is 6.10 Å². The zero-order chi connectivity index (χ0) is 10.7. The van der Waals surface area contributed by atoms with Gasteiger partial charge in [-0.2, -0.15) is 0 Å². The van der Waals surface area contributed by atoms with Crippen LogP contribution in [0.5, 0.6) is 0 Å². The molecule has 1 aliphatic rings. The molecule has 1 N–H and O–H groups in total. The van der Waals surface area contributed by atoms with Crippen molar-refractivity contribution in [1.82, 2.24) is 4.98 Å². The maximum absolute atomic E-state index is 10.2. The lowest BCUT2D eigenvalue weighted by Crippen LogP contribution is -2.05. The summed E-state index contributed by atoms with van der Waals surface area (Å²) >= 11 is 0. The van der Waals surface area contributed by atoms with E-state index >= 15 is 0 Å². The van der Waals surface area contributed by atoms with E-state index in [-0.39, 0.29) is 0 Å². The van der Waals surface area contributed by atoms with E-state index in [4.69, 9.17) is 0 Å². The monoisotopic (exact) mass is 203 g/mol. The third-order valence-electron chi connectivity index (χ3n) is 2.91. The van der Waals surface area contributed by atoms with Gasteiger partial charge in [0.15, 0.2) is 0 Å². The van der Waals surface area contributed by atoms with E-state index in [0.29, 0.717) is 0 Å². The molecule has 2 rings (SSSR count). The summed E-state index contributed by atoms with van der Waals surface area (Å²) in [7, 11) is 0. The molecule has 1 aromatic rings. The van der Waals surface area contributed by atoms with Gasteiger partial charge >= 0.3 is 0 Å². The minimum absolute atomic E-state index is 0.424. The van der Waals surface area contributed by atoms with Gasteiger partial charge in [0, 0.05) is 11.9 Å². The molecule has 0 saturated heterocycles. The third-order valence-corrected chi connectivity index (χ3v) is 2.91. The molecule has 0 saturated carbocycles. The first-order chi connectivity index (χ1) is 7.27. The molecule has 0 amide bonds. The fourth-order valence-corrected chi connectivity index (χ4v) is 2.06. The Morgan fingerprint density at radius 2 is 2.27 bits per heavy atom. The van der Waals surface area contributed by atoms with Crippen LogP contribution in [-0.2, 0) is 0 Å². The molecule has 1 heterocycles. The van der Waals surface area contributed by atoms with Crippen molar-refractivity contribution in [3.8, 4) is 0 Å². The van der Waals surface area contributed by atoms with Gasteiger partial charge in [0.05, 0.1) is 0 Å². The van der Waals surface area contributed by atoms with Gasteiger partial charge in [0.2, 0.25) is 0 Å². The van der Waals surface area contributed by atoms with E-state index in [1.165, 1.54) is 18.4 Å². The van der Waals surface area contributed by atoms with Crippen molar-refractivity contribution in [2.24, 2.45) is 0 Å². The van der Waals surface area contributed by atoms with Gasteiger partial charge in [0.25, 0.3) is 0 Å². The summed E-state index contributed by atoms with van der Waals surface area (Å²) in [4.78, 5) is 4.14. The van der Waals surface area contributed by atoms with Gasteiger partial charge in [-0.3, -0.25) is 4.98 Å². The van der Waals surface area contributed by atoms with E-state index in [9.17, 15) is 5.11 Å². The maximum atomic E-state index is 10.2. The first-order valence-electron chi connectivity index (χ1n) is 5.57. The van der Waals surface area contributed by atoms with Crippen LogP contribution in [-0.4, -0.2) is 10.1 Å². The number of aryl methyl sites for hydroxylation is 1. The van der Waals surface area contributed by atoms with Crippen LogP contribution >= 0.6 is 0 Å². The quantitative estimate of drug-likeness (QED) is 0.750. The molecule has 2 nitrogen and oxygen atoms in total. The van der Waals surface area contributed by atoms with Crippen molar-refractivity contribution in [2.45, 2.75) is 38.7 Å². The minimum Gasteiger partial charge on any atom is -0.384 e. The van der Waals surface area contributed by atoms with Crippen molar-refractivity contribution in [2.75, 3.05) is 0 Å². The standard InChI is InChI=1S/C13H17NO/c1-10-9-12(7-8-14-10)13(15)11-5-3-2-4-6-11/h5,7-9,13,15H,2-4,6H2,1H3. The minimum atomic E-state index is -0.424. The van der Waals surface area contributed by atoms with Crippen LogP contribution in [0.15, 0.2) is 30.0 Å². The summed E-state index contributed by atoms with van der Waals surface area (Å²) < 4.78 is 0. The smallest absolute Gasteiger partial charge is 0.100 e. The second-order valence-corrected chi connectivity index (χ2v) is 4.16. The average molecular weight is 203 g/mol. The number of nitrogens with zero attached hydrogens (tertiary/aromatic N) is 1. The Labute approximate surface area is 90.7 Å². The van der Waals surface area contributed by atoms with Crippen molar-refractivity contribution in [1.29, 1.82) is 0 Å². The topological polar surface area (TPSA) is 33.1 Å². The summed E-state index contributed by atoms with van der Waals surface area (Å²) in [6.45, 7) is 1.95. The molecule has 0 aromatic carbocycles. The van der Waals surface area contributed by atoms with Gasteiger partial charge in [-0.05, 0) is 55.9 Å². The molecule has 0 aliphatic heterocycles. The van der Waals surface area contributed by atoms with Crippen LogP contribution < -0.4 is 0 Å². The number of rotatable bonds is 2. The molecule has 0 bridgehead atoms. The van der Waals surface area contributed by atoms with E-state index in [1.807, 2.05) is 19.1 Å². The molecule has 2 heteroatoms. The predicted octanol–water partition coefficient (Wildman–Crippen LogP) is 2.92. The summed E-state index contributed by atoms with van der Waals surface area (Å²) in [5.74, 6) is 0. The number of aliphatic hydroxyl groups excluding tert-OH is 1. The molecule has 0 fully saturated rings. The lowest BCUT2D eigenvalue weighted by molar-refractivity contribution is 0.208. The first kappa shape index (κ1) is 10.4. The highest BCUT2D eigenvalue weighted by Crippen LogP contribution is 2.29. The number of aliphatic hydroxyl groups is 1. The third kappa shape index (κ3) is 2.45.